The molecule has 0 aromatic rings. The summed E-state index contributed by atoms with van der Waals surface area (Å²) in [5, 5.41) is 0. The van der Waals surface area contributed by atoms with Crippen molar-refractivity contribution >= 4 is 0 Å². The van der Waals surface area contributed by atoms with Crippen LogP contribution in [0.25, 0.3) is 0 Å². The lowest BCUT2D eigenvalue weighted by molar-refractivity contribution is -0.287. The Morgan fingerprint density at radius 1 is 1.00 bits per heavy atom. The molecule has 198 valence electrons. The molecule has 7 bridgehead atoms. The summed E-state index contributed by atoms with van der Waals surface area (Å²) in [6.07, 6.45) is 4.23. The van der Waals surface area contributed by atoms with Crippen molar-refractivity contribution in [3.05, 3.63) is 0 Å². The van der Waals surface area contributed by atoms with Gasteiger partial charge in [-0.2, -0.15) is 0 Å². The van der Waals surface area contributed by atoms with Crippen LogP contribution in [0.1, 0.15) is 32.6 Å². The largest absolute Gasteiger partial charge is 0.384 e. The molecule has 2 aliphatic heterocycles. The van der Waals surface area contributed by atoms with Crippen LogP contribution in [0.15, 0.2) is 0 Å². The van der Waals surface area contributed by atoms with Gasteiger partial charge in [0, 0.05) is 77.1 Å². The van der Waals surface area contributed by atoms with E-state index in [1.165, 1.54) is 0 Å². The van der Waals surface area contributed by atoms with Gasteiger partial charge in [0.1, 0.15) is 18.0 Å². The Labute approximate surface area is 209 Å². The first kappa shape index (κ1) is 23.8. The van der Waals surface area contributed by atoms with E-state index in [0.717, 1.165) is 45.4 Å². The summed E-state index contributed by atoms with van der Waals surface area (Å²) in [7, 11) is 9.39. The van der Waals surface area contributed by atoms with Crippen LogP contribution >= 0.6 is 0 Å². The van der Waals surface area contributed by atoms with E-state index >= 15 is 0 Å². The standard InChI is InChI=1S/C27H43NO7/c1-7-28-12-24(13-29-2)9-8-18(31-4)26-16-10-15-17(30-3)11-25(19(16)20(15)32-5)27(23(26)28,35-14-34-25)22(33-6)21(24)26/h15-23H,7-14H2,1-6H3/t15-,16-,17-,18+,19-,20+,21-,22+,23+,24+,25-,26+,27-/m1/s1. The van der Waals surface area contributed by atoms with Crippen molar-refractivity contribution in [1.29, 1.82) is 0 Å². The molecule has 0 amide bonds. The molecule has 7 fully saturated rings. The van der Waals surface area contributed by atoms with Gasteiger partial charge in [-0.15, -0.1) is 0 Å². The molecular formula is C27H43NO7. The molecule has 7 rings (SSSR count). The molecule has 13 atom stereocenters. The number of nitrogens with zero attached hydrogens (tertiary/aromatic N) is 1. The van der Waals surface area contributed by atoms with E-state index < -0.39 is 11.2 Å². The Hall–Kier alpha value is -0.320. The molecule has 0 unspecified atom stereocenters. The normalized spacial score (nSPS) is 59.7. The molecule has 2 heterocycles. The molecular weight excluding hydrogens is 450 g/mol. The average Bonchev–Trinajstić information content (AvgIpc) is 3.45. The molecule has 0 aromatic heterocycles. The van der Waals surface area contributed by atoms with E-state index in [-0.39, 0.29) is 53.1 Å². The van der Waals surface area contributed by atoms with Gasteiger partial charge in [-0.3, -0.25) is 4.90 Å². The third-order valence-corrected chi connectivity index (χ3v) is 12.3. The first-order chi connectivity index (χ1) is 17.0. The second kappa shape index (κ2) is 7.63. The molecule has 5 saturated carbocycles. The molecule has 8 nitrogen and oxygen atoms in total. The molecule has 0 aromatic carbocycles. The molecule has 2 saturated heterocycles. The average molecular weight is 494 g/mol. The quantitative estimate of drug-likeness (QED) is 0.533. The van der Waals surface area contributed by atoms with E-state index in [2.05, 4.69) is 11.8 Å². The second-order valence-electron chi connectivity index (χ2n) is 12.5. The molecule has 3 spiro atoms. The highest BCUT2D eigenvalue weighted by molar-refractivity contribution is 5.43. The minimum absolute atomic E-state index is 0.00639. The van der Waals surface area contributed by atoms with Crippen LogP contribution < -0.4 is 0 Å². The van der Waals surface area contributed by atoms with Crippen molar-refractivity contribution in [2.24, 2.45) is 34.5 Å². The Kier molecular flexibility index (Phi) is 5.18. The number of piperidine rings is 1. The highest BCUT2D eigenvalue weighted by Gasteiger charge is 2.93. The second-order valence-corrected chi connectivity index (χ2v) is 12.5. The number of rotatable bonds is 7. The lowest BCUT2D eigenvalue weighted by Gasteiger charge is -2.70. The summed E-state index contributed by atoms with van der Waals surface area (Å²) in [6, 6.07) is 0.167. The Morgan fingerprint density at radius 2 is 1.83 bits per heavy atom. The van der Waals surface area contributed by atoms with E-state index in [0.29, 0.717) is 18.6 Å². The predicted octanol–water partition coefficient (Wildman–Crippen LogP) is 1.94. The minimum Gasteiger partial charge on any atom is -0.384 e. The van der Waals surface area contributed by atoms with Gasteiger partial charge in [-0.1, -0.05) is 6.92 Å². The fraction of sp³-hybridized carbons (Fsp3) is 1.00. The van der Waals surface area contributed by atoms with Crippen molar-refractivity contribution in [3.63, 3.8) is 0 Å². The van der Waals surface area contributed by atoms with E-state index in [1.807, 2.05) is 35.5 Å². The molecule has 7 aliphatic rings. The zero-order valence-electron chi connectivity index (χ0n) is 22.2. The van der Waals surface area contributed by atoms with E-state index in [9.17, 15) is 0 Å². The number of likely N-dealkylation sites (tertiary alicyclic amines) is 1. The van der Waals surface area contributed by atoms with Crippen molar-refractivity contribution in [2.75, 3.05) is 62.0 Å². The van der Waals surface area contributed by atoms with Crippen LogP contribution in [-0.4, -0.2) is 109 Å². The Morgan fingerprint density at radius 3 is 2.49 bits per heavy atom. The van der Waals surface area contributed by atoms with Crippen LogP contribution in [0.3, 0.4) is 0 Å². The summed E-state index contributed by atoms with van der Waals surface area (Å²) in [4.78, 5) is 2.71. The maximum Gasteiger partial charge on any atom is 0.148 e. The fourth-order valence-corrected chi connectivity index (χ4v) is 12.0. The molecule has 0 N–H and O–H groups in total. The van der Waals surface area contributed by atoms with Gasteiger partial charge in [-0.05, 0) is 31.7 Å². The van der Waals surface area contributed by atoms with Crippen LogP contribution in [0.5, 0.6) is 0 Å². The lowest BCUT2D eigenvalue weighted by Crippen LogP contribution is -2.81. The molecule has 35 heavy (non-hydrogen) atoms. The Balaban J connectivity index is 1.56. The summed E-state index contributed by atoms with van der Waals surface area (Å²) in [5.74, 6) is 1.25. The highest BCUT2D eigenvalue weighted by atomic mass is 16.7. The number of ether oxygens (including phenoxy) is 7. The van der Waals surface area contributed by atoms with E-state index in [4.69, 9.17) is 33.2 Å². The van der Waals surface area contributed by atoms with Gasteiger partial charge in [0.25, 0.3) is 0 Å². The van der Waals surface area contributed by atoms with Gasteiger partial charge < -0.3 is 33.2 Å². The van der Waals surface area contributed by atoms with Gasteiger partial charge in [0.05, 0.1) is 37.1 Å². The van der Waals surface area contributed by atoms with Gasteiger partial charge in [-0.25, -0.2) is 0 Å². The fourth-order valence-electron chi connectivity index (χ4n) is 12.0. The number of methoxy groups -OCH3 is 5. The maximum absolute atomic E-state index is 7.02. The maximum atomic E-state index is 7.02. The van der Waals surface area contributed by atoms with Crippen molar-refractivity contribution < 1.29 is 33.2 Å². The Bertz CT molecular complexity index is 874. The first-order valence-corrected chi connectivity index (χ1v) is 13.6. The van der Waals surface area contributed by atoms with Crippen molar-refractivity contribution in [1.82, 2.24) is 4.90 Å². The number of hydrogen-bond donors (Lipinski definition) is 0. The highest BCUT2D eigenvalue weighted by Crippen LogP contribution is 2.82. The van der Waals surface area contributed by atoms with Gasteiger partial charge in [0.2, 0.25) is 0 Å². The van der Waals surface area contributed by atoms with Gasteiger partial charge in [0.15, 0.2) is 0 Å². The smallest absolute Gasteiger partial charge is 0.148 e. The summed E-state index contributed by atoms with van der Waals surface area (Å²) in [6.45, 7) is 5.29. The van der Waals surface area contributed by atoms with Crippen molar-refractivity contribution in [2.45, 2.75) is 74.3 Å². The van der Waals surface area contributed by atoms with Gasteiger partial charge >= 0.3 is 0 Å². The zero-order valence-corrected chi connectivity index (χ0v) is 22.2. The van der Waals surface area contributed by atoms with Crippen LogP contribution in [0, 0.1) is 34.5 Å². The van der Waals surface area contributed by atoms with Crippen molar-refractivity contribution in [3.8, 4) is 0 Å². The van der Waals surface area contributed by atoms with E-state index in [1.54, 1.807) is 0 Å². The SMILES string of the molecule is CCN1C[C@]2(COC)CC[C@H](OC)[C@@]34[C@@H]5C[C@H]6[C@H](OC)[C@@H]5[C@@]5(C[C@H]6OC)OCO[C@]5([C@@H](OC)[C@H]23)[C@@H]14. The summed E-state index contributed by atoms with van der Waals surface area (Å²) >= 11 is 0. The third-order valence-electron chi connectivity index (χ3n) is 12.3. The molecule has 8 heteroatoms. The predicted molar refractivity (Wildman–Crippen MR) is 126 cm³/mol. The van der Waals surface area contributed by atoms with Crippen LogP contribution in [-0.2, 0) is 33.2 Å². The molecule has 5 aliphatic carbocycles. The monoisotopic (exact) mass is 493 g/mol. The van der Waals surface area contributed by atoms with Crippen LogP contribution in [0.2, 0.25) is 0 Å². The molecule has 0 radical (unpaired) electrons. The number of hydrogen-bond acceptors (Lipinski definition) is 8. The lowest BCUT2D eigenvalue weighted by atomic mass is 9.42. The van der Waals surface area contributed by atoms with Crippen LogP contribution in [0.4, 0.5) is 0 Å². The number of fused-ring (bicyclic) bond motifs is 1. The zero-order chi connectivity index (χ0) is 24.4. The summed E-state index contributed by atoms with van der Waals surface area (Å²) in [5.41, 5.74) is -1.22. The first-order valence-electron chi connectivity index (χ1n) is 13.6. The minimum atomic E-state index is -0.594. The summed E-state index contributed by atoms with van der Waals surface area (Å²) < 4.78 is 45.7. The third kappa shape index (κ3) is 2.25. The topological polar surface area (TPSA) is 67.9 Å². The number of likely N-dealkylation sites (N-methyl/N-ethyl adjacent to an activating group) is 1.